The molecule has 1 aromatic rings. The monoisotopic (exact) mass is 369 g/mol. The zero-order valence-corrected chi connectivity index (χ0v) is 17.9. The Kier molecular flexibility index (Phi) is 10.2. The first-order chi connectivity index (χ1) is 11.6. The van der Waals surface area contributed by atoms with Crippen molar-refractivity contribution in [1.29, 1.82) is 0 Å². The van der Waals surface area contributed by atoms with Gasteiger partial charge in [-0.25, -0.2) is 0 Å². The maximum atomic E-state index is 12.2. The molecule has 1 N–H and O–H groups in total. The van der Waals surface area contributed by atoms with Crippen LogP contribution in [0.1, 0.15) is 31.2 Å². The molecule has 1 aliphatic rings. The summed E-state index contributed by atoms with van der Waals surface area (Å²) in [7, 11) is 0. The number of hydrogen-bond acceptors (Lipinski definition) is 4. The summed E-state index contributed by atoms with van der Waals surface area (Å²) >= 11 is 0. The number of nitrogens with zero attached hydrogens (tertiary/aromatic N) is 1. The molecule has 1 aromatic carbocycles. The second-order valence-electron chi connectivity index (χ2n) is 6.29. The molecule has 6 heteroatoms. The van der Waals surface area contributed by atoms with E-state index >= 15 is 0 Å². The molecule has 0 aromatic heterocycles. The molecular formula is C19H24KNO4. The molecule has 1 aliphatic heterocycles. The van der Waals surface area contributed by atoms with Crippen LogP contribution in [-0.4, -0.2) is 41.6 Å². The van der Waals surface area contributed by atoms with Crippen LogP contribution in [0.2, 0.25) is 0 Å². The minimum Gasteiger partial charge on any atom is -0.550 e. The van der Waals surface area contributed by atoms with Crippen LogP contribution in [0.3, 0.4) is 0 Å². The second-order valence-corrected chi connectivity index (χ2v) is 6.29. The number of carboxylic acid groups (broad SMARTS) is 1. The van der Waals surface area contributed by atoms with Gasteiger partial charge in [-0.1, -0.05) is 42.5 Å². The van der Waals surface area contributed by atoms with Gasteiger partial charge in [-0.05, 0) is 31.2 Å². The number of amides is 1. The molecule has 0 spiro atoms. The van der Waals surface area contributed by atoms with Gasteiger partial charge in [0.15, 0.2) is 0 Å². The quantitative estimate of drug-likeness (QED) is 0.442. The minimum atomic E-state index is -1.12. The first-order valence-electron chi connectivity index (χ1n) is 8.36. The number of carbonyl (C=O) groups excluding carboxylic acids is 2. The van der Waals surface area contributed by atoms with E-state index in [2.05, 4.69) is 0 Å². The number of rotatable bonds is 7. The first-order valence-corrected chi connectivity index (χ1v) is 8.36. The van der Waals surface area contributed by atoms with Gasteiger partial charge in [-0.2, -0.15) is 0 Å². The fourth-order valence-electron chi connectivity index (χ4n) is 3.10. The van der Waals surface area contributed by atoms with Crippen LogP contribution in [0, 0.1) is 5.41 Å². The molecule has 0 radical (unpaired) electrons. The van der Waals surface area contributed by atoms with Crippen LogP contribution in [0.5, 0.6) is 0 Å². The number of aliphatic carboxylic acids is 1. The Bertz CT molecular complexity index is 580. The van der Waals surface area contributed by atoms with Gasteiger partial charge in [0.2, 0.25) is 5.91 Å². The average molecular weight is 370 g/mol. The van der Waals surface area contributed by atoms with Gasteiger partial charge < -0.3 is 19.9 Å². The topological polar surface area (TPSA) is 80.7 Å². The van der Waals surface area contributed by atoms with Gasteiger partial charge in [0.25, 0.3) is 0 Å². The molecule has 0 saturated carbocycles. The summed E-state index contributed by atoms with van der Waals surface area (Å²) in [4.78, 5) is 25.3. The van der Waals surface area contributed by atoms with E-state index < -0.39 is 11.4 Å². The molecule has 1 amide bonds. The third kappa shape index (κ3) is 6.62. The predicted octanol–water partition coefficient (Wildman–Crippen LogP) is -2.08. The smallest absolute Gasteiger partial charge is 0.550 e. The largest absolute Gasteiger partial charge is 1.00 e. The van der Waals surface area contributed by atoms with Crippen molar-refractivity contribution >= 4 is 11.9 Å². The molecule has 1 fully saturated rings. The van der Waals surface area contributed by atoms with E-state index in [9.17, 15) is 14.7 Å². The standard InChI is InChI=1S/C19H25NO4.K/c21-15-12-19(18(23)24)10-13-20(14-11-19)17(22)9-5-4-8-16-6-2-1-3-7-16;/h1-7,21H,8-15H2,(H,23,24);/q;+1/p-1/b5-4+;. The molecule has 1 heterocycles. The van der Waals surface area contributed by atoms with Crippen LogP contribution in [0.25, 0.3) is 0 Å². The molecule has 0 aliphatic carbocycles. The Morgan fingerprint density at radius 3 is 2.36 bits per heavy atom. The van der Waals surface area contributed by atoms with Crippen LogP contribution in [0.15, 0.2) is 42.5 Å². The van der Waals surface area contributed by atoms with Crippen molar-refractivity contribution in [1.82, 2.24) is 4.90 Å². The number of carboxylic acids is 1. The zero-order chi connectivity index (χ0) is 17.4. The number of aliphatic hydroxyl groups excluding tert-OH is 1. The van der Waals surface area contributed by atoms with E-state index in [0.29, 0.717) is 32.4 Å². The second kappa shape index (κ2) is 11.3. The van der Waals surface area contributed by atoms with Crippen LogP contribution < -0.4 is 56.5 Å². The normalized spacial score (nSPS) is 16.4. The van der Waals surface area contributed by atoms with Crippen molar-refractivity contribution < 1.29 is 71.2 Å². The molecule has 0 unspecified atom stereocenters. The molecule has 25 heavy (non-hydrogen) atoms. The van der Waals surface area contributed by atoms with Crippen LogP contribution in [-0.2, 0) is 16.0 Å². The Balaban J connectivity index is 0.00000312. The van der Waals surface area contributed by atoms with Gasteiger partial charge in [0, 0.05) is 37.5 Å². The number of likely N-dealkylation sites (tertiary alicyclic amines) is 1. The molecule has 130 valence electrons. The summed E-state index contributed by atoms with van der Waals surface area (Å²) in [5.74, 6) is -1.11. The van der Waals surface area contributed by atoms with Gasteiger partial charge in [0.1, 0.15) is 0 Å². The van der Waals surface area contributed by atoms with E-state index in [0.717, 1.165) is 6.42 Å². The number of allylic oxidation sites excluding steroid dienone is 1. The number of hydrogen-bond donors (Lipinski definition) is 1. The van der Waals surface area contributed by atoms with E-state index in [1.807, 2.05) is 42.5 Å². The van der Waals surface area contributed by atoms with Crippen molar-refractivity contribution in [2.45, 2.75) is 32.1 Å². The average Bonchev–Trinajstić information content (AvgIpc) is 2.60. The van der Waals surface area contributed by atoms with Crippen molar-refractivity contribution in [2.24, 2.45) is 5.41 Å². The summed E-state index contributed by atoms with van der Waals surface area (Å²) in [6.45, 7) is 0.628. The summed E-state index contributed by atoms with van der Waals surface area (Å²) in [6, 6.07) is 10.0. The van der Waals surface area contributed by atoms with Gasteiger partial charge in [-0.15, -0.1) is 0 Å². The fraction of sp³-hybridized carbons (Fsp3) is 0.474. The molecule has 2 rings (SSSR count). The maximum Gasteiger partial charge on any atom is 1.00 e. The van der Waals surface area contributed by atoms with Crippen LogP contribution in [0.4, 0.5) is 0 Å². The van der Waals surface area contributed by atoms with E-state index in [1.54, 1.807) is 4.90 Å². The number of aliphatic hydroxyl groups is 1. The summed E-state index contributed by atoms with van der Waals surface area (Å²) < 4.78 is 0. The van der Waals surface area contributed by atoms with Gasteiger partial charge in [-0.3, -0.25) is 4.79 Å². The van der Waals surface area contributed by atoms with Crippen molar-refractivity contribution in [3.8, 4) is 0 Å². The van der Waals surface area contributed by atoms with E-state index in [-0.39, 0.29) is 70.3 Å². The van der Waals surface area contributed by atoms with E-state index in [1.165, 1.54) is 5.56 Å². The molecule has 1 saturated heterocycles. The molecule has 0 bridgehead atoms. The maximum absolute atomic E-state index is 12.2. The molecule has 0 atom stereocenters. The van der Waals surface area contributed by atoms with Gasteiger partial charge >= 0.3 is 51.4 Å². The predicted molar refractivity (Wildman–Crippen MR) is 88.9 cm³/mol. The Morgan fingerprint density at radius 2 is 1.80 bits per heavy atom. The SMILES string of the molecule is O=C(C/C=C/Cc1ccccc1)N1CCC(CCO)(C(=O)[O-])CC1.[K+]. The minimum absolute atomic E-state index is 0. The Hall–Kier alpha value is -0.504. The zero-order valence-electron chi connectivity index (χ0n) is 14.8. The van der Waals surface area contributed by atoms with Crippen LogP contribution >= 0.6 is 0 Å². The Morgan fingerprint density at radius 1 is 1.16 bits per heavy atom. The number of piperidine rings is 1. The van der Waals surface area contributed by atoms with Gasteiger partial charge in [0.05, 0.1) is 0 Å². The van der Waals surface area contributed by atoms with Crippen molar-refractivity contribution in [2.75, 3.05) is 19.7 Å². The summed E-state index contributed by atoms with van der Waals surface area (Å²) in [5, 5.41) is 20.4. The summed E-state index contributed by atoms with van der Waals surface area (Å²) in [6.07, 6.45) is 5.83. The number of carbonyl (C=O) groups is 2. The third-order valence-corrected chi connectivity index (χ3v) is 4.75. The first kappa shape index (κ1) is 22.5. The third-order valence-electron chi connectivity index (χ3n) is 4.75. The molecular weight excluding hydrogens is 345 g/mol. The van der Waals surface area contributed by atoms with Crippen molar-refractivity contribution in [3.05, 3.63) is 48.0 Å². The Labute approximate surface area is 191 Å². The fourth-order valence-corrected chi connectivity index (χ4v) is 3.10. The van der Waals surface area contributed by atoms with E-state index in [4.69, 9.17) is 5.11 Å². The van der Waals surface area contributed by atoms with Crippen molar-refractivity contribution in [3.63, 3.8) is 0 Å². The number of benzene rings is 1. The summed E-state index contributed by atoms with van der Waals surface area (Å²) in [5.41, 5.74) is 0.205. The molecule has 5 nitrogen and oxygen atoms in total.